The second kappa shape index (κ2) is 6.24. The van der Waals surface area contributed by atoms with Gasteiger partial charge >= 0.3 is 0 Å². The van der Waals surface area contributed by atoms with Crippen LogP contribution < -0.4 is 0 Å². The third kappa shape index (κ3) is 3.05. The average molecular weight is 256 g/mol. The fourth-order valence-electron chi connectivity index (χ4n) is 1.98. The first-order valence-corrected chi connectivity index (χ1v) is 5.84. The number of hydrogen-bond acceptors (Lipinski definition) is 4. The average Bonchev–Trinajstić information content (AvgIpc) is 2.66. The molecule has 4 nitrogen and oxygen atoms in total. The summed E-state index contributed by atoms with van der Waals surface area (Å²) < 4.78 is 28.9. The van der Waals surface area contributed by atoms with Crippen molar-refractivity contribution in [2.45, 2.75) is 31.3 Å². The van der Waals surface area contributed by atoms with Crippen LogP contribution in [0.5, 0.6) is 0 Å². The molecular formula is C13H17FO4. The molecule has 1 aliphatic rings. The molecule has 0 saturated carbocycles. The van der Waals surface area contributed by atoms with Crippen molar-refractivity contribution in [1.29, 1.82) is 0 Å². The molecule has 1 fully saturated rings. The highest BCUT2D eigenvalue weighted by molar-refractivity contribution is 5.13. The third-order valence-electron chi connectivity index (χ3n) is 2.93. The molecular weight excluding hydrogens is 239 g/mol. The van der Waals surface area contributed by atoms with Gasteiger partial charge in [0.2, 0.25) is 0 Å². The third-order valence-corrected chi connectivity index (χ3v) is 2.93. The molecule has 1 aliphatic heterocycles. The van der Waals surface area contributed by atoms with E-state index in [9.17, 15) is 9.50 Å². The molecule has 1 N–H and O–H groups in total. The zero-order valence-electron chi connectivity index (χ0n) is 10.2. The van der Waals surface area contributed by atoms with Crippen molar-refractivity contribution in [3.8, 4) is 0 Å². The predicted octanol–water partition coefficient (Wildman–Crippen LogP) is 1.27. The Labute approximate surface area is 105 Å². The normalized spacial score (nSPS) is 31.7. The number of halogens is 1. The first-order chi connectivity index (χ1) is 8.72. The van der Waals surface area contributed by atoms with Crippen molar-refractivity contribution in [1.82, 2.24) is 0 Å². The molecule has 1 aromatic carbocycles. The van der Waals surface area contributed by atoms with Gasteiger partial charge in [-0.15, -0.1) is 0 Å². The number of alkyl halides is 1. The summed E-state index contributed by atoms with van der Waals surface area (Å²) in [5.74, 6) is 0. The van der Waals surface area contributed by atoms with E-state index < -0.39 is 24.7 Å². The fraction of sp³-hybridized carbons (Fsp3) is 0.538. The fourth-order valence-corrected chi connectivity index (χ4v) is 1.98. The summed E-state index contributed by atoms with van der Waals surface area (Å²) in [5.41, 5.74) is 1.03. The summed E-state index contributed by atoms with van der Waals surface area (Å²) in [5, 5.41) is 9.25. The van der Waals surface area contributed by atoms with E-state index in [4.69, 9.17) is 14.2 Å². The topological polar surface area (TPSA) is 47.9 Å². The Morgan fingerprint density at radius 2 is 2.06 bits per heavy atom. The predicted molar refractivity (Wildman–Crippen MR) is 62.7 cm³/mol. The van der Waals surface area contributed by atoms with Crippen LogP contribution in [-0.2, 0) is 20.8 Å². The van der Waals surface area contributed by atoms with Crippen LogP contribution in [0.1, 0.15) is 5.56 Å². The Bertz CT molecular complexity index is 359. The van der Waals surface area contributed by atoms with Gasteiger partial charge in [0.25, 0.3) is 0 Å². The molecule has 0 aliphatic carbocycles. The molecule has 5 heteroatoms. The van der Waals surface area contributed by atoms with Gasteiger partial charge in [0.05, 0.1) is 13.2 Å². The van der Waals surface area contributed by atoms with Gasteiger partial charge in [-0.1, -0.05) is 30.3 Å². The second-order valence-electron chi connectivity index (χ2n) is 4.21. The smallest absolute Gasteiger partial charge is 0.189 e. The number of hydrogen-bond donors (Lipinski definition) is 1. The molecule has 1 heterocycles. The first kappa shape index (κ1) is 13.4. The lowest BCUT2D eigenvalue weighted by atomic mass is 10.1. The van der Waals surface area contributed by atoms with E-state index >= 15 is 0 Å². The monoisotopic (exact) mass is 256 g/mol. The Balaban J connectivity index is 1.80. The molecule has 18 heavy (non-hydrogen) atoms. The standard InChI is InChI=1S/C13H17FO4/c1-16-12-10(18-13(15)11(12)14)8-17-7-9-5-3-2-4-6-9/h2-6,10-13,15H,7-8H2,1H3/t10-,11+,12-,13+/m1/s1. The summed E-state index contributed by atoms with van der Waals surface area (Å²) in [6, 6.07) is 9.65. The number of aliphatic hydroxyl groups excluding tert-OH is 1. The molecule has 0 aromatic heterocycles. The van der Waals surface area contributed by atoms with Gasteiger partial charge in [-0.05, 0) is 5.56 Å². The Hall–Kier alpha value is -1.01. The van der Waals surface area contributed by atoms with E-state index in [0.29, 0.717) is 6.61 Å². The van der Waals surface area contributed by atoms with E-state index in [0.717, 1.165) is 5.56 Å². The number of methoxy groups -OCH3 is 1. The van der Waals surface area contributed by atoms with Crippen molar-refractivity contribution in [2.75, 3.05) is 13.7 Å². The van der Waals surface area contributed by atoms with Crippen molar-refractivity contribution in [2.24, 2.45) is 0 Å². The maximum absolute atomic E-state index is 13.4. The van der Waals surface area contributed by atoms with Crippen molar-refractivity contribution < 1.29 is 23.7 Å². The van der Waals surface area contributed by atoms with Crippen LogP contribution in [0.4, 0.5) is 4.39 Å². The highest BCUT2D eigenvalue weighted by Gasteiger charge is 2.44. The minimum Gasteiger partial charge on any atom is -0.375 e. The molecule has 0 spiro atoms. The summed E-state index contributed by atoms with van der Waals surface area (Å²) in [6.07, 6.45) is -4.32. The van der Waals surface area contributed by atoms with Crippen molar-refractivity contribution in [3.05, 3.63) is 35.9 Å². The molecule has 2 rings (SSSR count). The summed E-state index contributed by atoms with van der Waals surface area (Å²) in [6.45, 7) is 0.606. The molecule has 0 amide bonds. The van der Waals surface area contributed by atoms with Gasteiger partial charge in [-0.2, -0.15) is 0 Å². The zero-order valence-corrected chi connectivity index (χ0v) is 10.2. The van der Waals surface area contributed by atoms with Gasteiger partial charge < -0.3 is 19.3 Å². The summed E-state index contributed by atoms with van der Waals surface area (Å²) >= 11 is 0. The zero-order chi connectivity index (χ0) is 13.0. The SMILES string of the molecule is CO[C@H]1[C@H](F)[C@@H](O)O[C@@H]1COCc1ccccc1. The molecule has 100 valence electrons. The van der Waals surface area contributed by atoms with E-state index in [1.807, 2.05) is 30.3 Å². The van der Waals surface area contributed by atoms with Crippen molar-refractivity contribution in [3.63, 3.8) is 0 Å². The van der Waals surface area contributed by atoms with Gasteiger partial charge in [-0.25, -0.2) is 4.39 Å². The van der Waals surface area contributed by atoms with E-state index in [2.05, 4.69) is 0 Å². The van der Waals surface area contributed by atoms with Crippen molar-refractivity contribution >= 4 is 0 Å². The minimum absolute atomic E-state index is 0.185. The van der Waals surface area contributed by atoms with E-state index in [1.54, 1.807) is 0 Å². The van der Waals surface area contributed by atoms with Gasteiger partial charge in [0, 0.05) is 7.11 Å². The maximum Gasteiger partial charge on any atom is 0.189 e. The molecule has 0 bridgehead atoms. The van der Waals surface area contributed by atoms with E-state index in [1.165, 1.54) is 7.11 Å². The van der Waals surface area contributed by atoms with Crippen LogP contribution in [0.15, 0.2) is 30.3 Å². The Morgan fingerprint density at radius 3 is 2.72 bits per heavy atom. The number of rotatable bonds is 5. The highest BCUT2D eigenvalue weighted by atomic mass is 19.1. The molecule has 0 unspecified atom stereocenters. The van der Waals surface area contributed by atoms with Crippen LogP contribution in [0, 0.1) is 0 Å². The van der Waals surface area contributed by atoms with Crippen LogP contribution in [0.3, 0.4) is 0 Å². The maximum atomic E-state index is 13.4. The molecule has 0 radical (unpaired) electrons. The van der Waals surface area contributed by atoms with Gasteiger partial charge in [-0.3, -0.25) is 0 Å². The van der Waals surface area contributed by atoms with E-state index in [-0.39, 0.29) is 6.61 Å². The summed E-state index contributed by atoms with van der Waals surface area (Å²) in [4.78, 5) is 0. The van der Waals surface area contributed by atoms with Gasteiger partial charge in [0.1, 0.15) is 12.2 Å². The quantitative estimate of drug-likeness (QED) is 0.862. The lowest BCUT2D eigenvalue weighted by Gasteiger charge is -2.17. The second-order valence-corrected chi connectivity index (χ2v) is 4.21. The molecule has 1 saturated heterocycles. The van der Waals surface area contributed by atoms with Gasteiger partial charge in [0.15, 0.2) is 12.5 Å². The minimum atomic E-state index is -1.53. The molecule has 1 aromatic rings. The highest BCUT2D eigenvalue weighted by Crippen LogP contribution is 2.25. The van der Waals surface area contributed by atoms with Crippen LogP contribution >= 0.6 is 0 Å². The Kier molecular flexibility index (Phi) is 4.66. The largest absolute Gasteiger partial charge is 0.375 e. The van der Waals surface area contributed by atoms with Crippen LogP contribution in [0.25, 0.3) is 0 Å². The summed E-state index contributed by atoms with van der Waals surface area (Å²) in [7, 11) is 1.39. The van der Waals surface area contributed by atoms with Crippen LogP contribution in [-0.4, -0.2) is 43.5 Å². The Morgan fingerprint density at radius 1 is 1.33 bits per heavy atom. The lowest BCUT2D eigenvalue weighted by molar-refractivity contribution is -0.128. The number of benzene rings is 1. The van der Waals surface area contributed by atoms with Crippen LogP contribution in [0.2, 0.25) is 0 Å². The number of aliphatic hydroxyl groups is 1. The first-order valence-electron chi connectivity index (χ1n) is 5.84. The lowest BCUT2D eigenvalue weighted by Crippen LogP contribution is -2.33. The number of ether oxygens (including phenoxy) is 3. The molecule has 4 atom stereocenters.